The summed E-state index contributed by atoms with van der Waals surface area (Å²) in [6, 6.07) is 0. The van der Waals surface area contributed by atoms with E-state index in [-0.39, 0.29) is 6.42 Å². The largest absolute Gasteiger partial charge is 0.481 e. The van der Waals surface area contributed by atoms with E-state index in [2.05, 4.69) is 0 Å². The smallest absolute Gasteiger partial charge is 0.309 e. The van der Waals surface area contributed by atoms with Crippen molar-refractivity contribution in [1.29, 1.82) is 0 Å². The number of carboxylic acids is 2. The first kappa shape index (κ1) is 21.9. The molecule has 2 N–H and O–H groups in total. The summed E-state index contributed by atoms with van der Waals surface area (Å²) in [5, 5.41) is 19.8. The Balaban J connectivity index is 5.62. The Hall–Kier alpha value is -1.06. The molecule has 1 unspecified atom stereocenters. The highest BCUT2D eigenvalue weighted by molar-refractivity contribution is 5.79. The Labute approximate surface area is 141 Å². The summed E-state index contributed by atoms with van der Waals surface area (Å²) in [4.78, 5) is 24.1. The number of rotatable bonds is 14. The van der Waals surface area contributed by atoms with E-state index in [1.54, 1.807) is 0 Å². The molecule has 0 bridgehead atoms. The van der Waals surface area contributed by atoms with Crippen molar-refractivity contribution in [2.24, 2.45) is 10.8 Å². The minimum Gasteiger partial charge on any atom is -0.481 e. The van der Waals surface area contributed by atoms with Crippen molar-refractivity contribution in [2.75, 3.05) is 0 Å². The molecule has 1 atom stereocenters. The standard InChI is InChI=1S/C19H36O4/c1-5-9-12-18(8-4,16(20)21)15-19(17(22)23,13-10-6-2)14-11-7-3/h5-15H2,1-4H3,(H,20,21)(H,22,23). The van der Waals surface area contributed by atoms with Gasteiger partial charge in [0.2, 0.25) is 0 Å². The fourth-order valence-corrected chi connectivity index (χ4v) is 3.51. The normalized spacial score (nSPS) is 14.4. The quantitative estimate of drug-likeness (QED) is 0.441. The first-order valence-corrected chi connectivity index (χ1v) is 9.31. The van der Waals surface area contributed by atoms with Gasteiger partial charge in [0.25, 0.3) is 0 Å². The fraction of sp³-hybridized carbons (Fsp3) is 0.895. The predicted molar refractivity (Wildman–Crippen MR) is 93.6 cm³/mol. The molecule has 136 valence electrons. The molecule has 0 aromatic rings. The zero-order valence-corrected chi connectivity index (χ0v) is 15.5. The van der Waals surface area contributed by atoms with Crippen LogP contribution in [0.4, 0.5) is 0 Å². The van der Waals surface area contributed by atoms with Gasteiger partial charge in [-0.05, 0) is 32.1 Å². The molecule has 0 radical (unpaired) electrons. The molecule has 0 aliphatic carbocycles. The molecule has 4 nitrogen and oxygen atoms in total. The number of hydrogen-bond acceptors (Lipinski definition) is 2. The molecule has 0 aromatic carbocycles. The molecule has 4 heteroatoms. The van der Waals surface area contributed by atoms with Crippen molar-refractivity contribution in [3.8, 4) is 0 Å². The molecule has 0 amide bonds. The third-order valence-corrected chi connectivity index (χ3v) is 5.29. The number of aliphatic carboxylic acids is 2. The zero-order valence-electron chi connectivity index (χ0n) is 15.5. The Morgan fingerprint density at radius 1 is 0.696 bits per heavy atom. The van der Waals surface area contributed by atoms with Crippen LogP contribution in [0.2, 0.25) is 0 Å². The van der Waals surface area contributed by atoms with Gasteiger partial charge in [0.05, 0.1) is 10.8 Å². The van der Waals surface area contributed by atoms with Crippen LogP contribution in [0.25, 0.3) is 0 Å². The number of unbranched alkanes of at least 4 members (excludes halogenated alkanes) is 3. The molecule has 0 saturated heterocycles. The minimum absolute atomic E-state index is 0.265. The van der Waals surface area contributed by atoms with Crippen LogP contribution < -0.4 is 0 Å². The van der Waals surface area contributed by atoms with E-state index >= 15 is 0 Å². The van der Waals surface area contributed by atoms with Crippen LogP contribution in [0.3, 0.4) is 0 Å². The van der Waals surface area contributed by atoms with E-state index in [0.717, 1.165) is 38.5 Å². The summed E-state index contributed by atoms with van der Waals surface area (Å²) in [6.07, 6.45) is 7.80. The van der Waals surface area contributed by atoms with Gasteiger partial charge in [0, 0.05) is 0 Å². The van der Waals surface area contributed by atoms with Gasteiger partial charge in [-0.3, -0.25) is 9.59 Å². The Morgan fingerprint density at radius 2 is 1.04 bits per heavy atom. The minimum atomic E-state index is -0.907. The molecular formula is C19H36O4. The second-order valence-corrected chi connectivity index (χ2v) is 7.01. The summed E-state index contributed by atoms with van der Waals surface area (Å²) in [5.41, 5.74) is -1.80. The lowest BCUT2D eigenvalue weighted by atomic mass is 9.63. The summed E-state index contributed by atoms with van der Waals surface area (Å²) in [7, 11) is 0. The summed E-state index contributed by atoms with van der Waals surface area (Å²) >= 11 is 0. The van der Waals surface area contributed by atoms with Gasteiger partial charge in [-0.1, -0.05) is 66.2 Å². The van der Waals surface area contributed by atoms with Crippen molar-refractivity contribution in [2.45, 2.75) is 98.3 Å². The van der Waals surface area contributed by atoms with E-state index in [9.17, 15) is 19.8 Å². The van der Waals surface area contributed by atoms with Gasteiger partial charge in [-0.15, -0.1) is 0 Å². The van der Waals surface area contributed by atoms with Crippen molar-refractivity contribution >= 4 is 11.9 Å². The van der Waals surface area contributed by atoms with Crippen LogP contribution in [-0.2, 0) is 9.59 Å². The third-order valence-electron chi connectivity index (χ3n) is 5.29. The van der Waals surface area contributed by atoms with Crippen LogP contribution in [-0.4, -0.2) is 22.2 Å². The fourth-order valence-electron chi connectivity index (χ4n) is 3.51. The van der Waals surface area contributed by atoms with Gasteiger partial charge in [-0.25, -0.2) is 0 Å². The number of carboxylic acid groups (broad SMARTS) is 2. The number of carbonyl (C=O) groups is 2. The van der Waals surface area contributed by atoms with Gasteiger partial charge in [0.15, 0.2) is 0 Å². The molecule has 23 heavy (non-hydrogen) atoms. The van der Waals surface area contributed by atoms with Gasteiger partial charge in [-0.2, -0.15) is 0 Å². The van der Waals surface area contributed by atoms with Crippen LogP contribution in [0.5, 0.6) is 0 Å². The first-order valence-electron chi connectivity index (χ1n) is 9.31. The van der Waals surface area contributed by atoms with Crippen LogP contribution in [0, 0.1) is 10.8 Å². The molecule has 0 fully saturated rings. The third kappa shape index (κ3) is 6.15. The Morgan fingerprint density at radius 3 is 1.30 bits per heavy atom. The summed E-state index contributed by atoms with van der Waals surface area (Å²) in [5.74, 6) is -1.64. The molecule has 0 spiro atoms. The topological polar surface area (TPSA) is 74.6 Å². The highest BCUT2D eigenvalue weighted by Gasteiger charge is 2.48. The molecule has 0 rings (SSSR count). The van der Waals surface area contributed by atoms with E-state index in [1.165, 1.54) is 0 Å². The Bertz CT molecular complexity index is 356. The Kier molecular flexibility index (Phi) is 10.2. The molecule has 0 aliphatic heterocycles. The molecule has 0 aliphatic rings. The van der Waals surface area contributed by atoms with E-state index < -0.39 is 22.8 Å². The molecular weight excluding hydrogens is 292 g/mol. The van der Waals surface area contributed by atoms with Crippen LogP contribution >= 0.6 is 0 Å². The second-order valence-electron chi connectivity index (χ2n) is 7.01. The van der Waals surface area contributed by atoms with Gasteiger partial charge < -0.3 is 10.2 Å². The first-order chi connectivity index (χ1) is 10.8. The van der Waals surface area contributed by atoms with Crippen LogP contribution in [0.1, 0.15) is 98.3 Å². The lowest BCUT2D eigenvalue weighted by molar-refractivity contribution is -0.160. The van der Waals surface area contributed by atoms with E-state index in [1.807, 2.05) is 27.7 Å². The molecule has 0 aromatic heterocycles. The van der Waals surface area contributed by atoms with Gasteiger partial charge >= 0.3 is 11.9 Å². The predicted octanol–water partition coefficient (Wildman–Crippen LogP) is 5.50. The second kappa shape index (κ2) is 10.7. The van der Waals surface area contributed by atoms with Crippen molar-refractivity contribution < 1.29 is 19.8 Å². The maximum atomic E-state index is 12.1. The molecule has 0 saturated carbocycles. The summed E-state index contributed by atoms with van der Waals surface area (Å²) in [6.45, 7) is 8.03. The average Bonchev–Trinajstić information content (AvgIpc) is 2.53. The summed E-state index contributed by atoms with van der Waals surface area (Å²) < 4.78 is 0. The highest BCUT2D eigenvalue weighted by atomic mass is 16.4. The SMILES string of the molecule is CCCCC(CC)(CC(CCCC)(CCCC)C(=O)O)C(=O)O. The van der Waals surface area contributed by atoms with Crippen LogP contribution in [0.15, 0.2) is 0 Å². The highest BCUT2D eigenvalue weighted by Crippen LogP contribution is 2.46. The monoisotopic (exact) mass is 328 g/mol. The van der Waals surface area contributed by atoms with Gasteiger partial charge in [0.1, 0.15) is 0 Å². The van der Waals surface area contributed by atoms with Crippen molar-refractivity contribution in [3.63, 3.8) is 0 Å². The molecule has 0 heterocycles. The van der Waals surface area contributed by atoms with Crippen molar-refractivity contribution in [3.05, 3.63) is 0 Å². The van der Waals surface area contributed by atoms with E-state index in [0.29, 0.717) is 25.7 Å². The maximum Gasteiger partial charge on any atom is 0.309 e. The maximum absolute atomic E-state index is 12.1. The lowest BCUT2D eigenvalue weighted by Gasteiger charge is -2.39. The lowest BCUT2D eigenvalue weighted by Crippen LogP contribution is -2.42. The average molecular weight is 328 g/mol. The number of hydrogen-bond donors (Lipinski definition) is 2. The van der Waals surface area contributed by atoms with Crippen molar-refractivity contribution in [1.82, 2.24) is 0 Å². The zero-order chi connectivity index (χ0) is 17.9. The van der Waals surface area contributed by atoms with E-state index in [4.69, 9.17) is 0 Å².